The highest BCUT2D eigenvalue weighted by molar-refractivity contribution is 7.12. The molecule has 2 aromatic heterocycles. The van der Waals surface area contributed by atoms with Crippen molar-refractivity contribution in [1.29, 1.82) is 0 Å². The summed E-state index contributed by atoms with van der Waals surface area (Å²) in [6.45, 7) is 2.53. The van der Waals surface area contributed by atoms with E-state index >= 15 is 0 Å². The average molecular weight is 463 g/mol. The molecule has 9 heteroatoms. The molecule has 2 aromatic carbocycles. The zero-order chi connectivity index (χ0) is 23.0. The fraction of sp³-hybridized carbons (Fsp3) is 0.167. The van der Waals surface area contributed by atoms with E-state index < -0.39 is 0 Å². The van der Waals surface area contributed by atoms with Crippen molar-refractivity contribution in [2.24, 2.45) is 0 Å². The van der Waals surface area contributed by atoms with E-state index in [1.54, 1.807) is 30.3 Å². The molecule has 4 aromatic rings. The van der Waals surface area contributed by atoms with Crippen LogP contribution in [0.2, 0.25) is 0 Å². The summed E-state index contributed by atoms with van der Waals surface area (Å²) in [6.07, 6.45) is 0.487. The second-order valence-corrected chi connectivity index (χ2v) is 7.98. The van der Waals surface area contributed by atoms with E-state index in [2.05, 4.69) is 20.8 Å². The fourth-order valence-corrected chi connectivity index (χ4v) is 3.68. The maximum Gasteiger partial charge on any atom is 0.265 e. The zero-order valence-corrected chi connectivity index (χ0v) is 18.7. The van der Waals surface area contributed by atoms with Gasteiger partial charge in [-0.2, -0.15) is 4.98 Å². The number of nitrogens with zero attached hydrogens (tertiary/aromatic N) is 2. The van der Waals surface area contributed by atoms with Crippen molar-refractivity contribution >= 4 is 34.5 Å². The molecule has 4 rings (SSSR count). The quantitative estimate of drug-likeness (QED) is 0.362. The number of anilines is 2. The van der Waals surface area contributed by atoms with E-state index in [0.29, 0.717) is 41.0 Å². The van der Waals surface area contributed by atoms with Gasteiger partial charge in [-0.05, 0) is 60.8 Å². The van der Waals surface area contributed by atoms with Gasteiger partial charge in [-0.15, -0.1) is 11.3 Å². The molecule has 0 bridgehead atoms. The van der Waals surface area contributed by atoms with Gasteiger partial charge in [0.2, 0.25) is 17.6 Å². The van der Waals surface area contributed by atoms with Gasteiger partial charge in [0.15, 0.2) is 0 Å². The summed E-state index contributed by atoms with van der Waals surface area (Å²) in [4.78, 5) is 29.6. The predicted molar refractivity (Wildman–Crippen MR) is 127 cm³/mol. The molecule has 8 nitrogen and oxygen atoms in total. The Labute approximate surface area is 194 Å². The van der Waals surface area contributed by atoms with E-state index in [1.807, 2.05) is 42.6 Å². The Morgan fingerprint density at radius 1 is 1.03 bits per heavy atom. The van der Waals surface area contributed by atoms with E-state index in [9.17, 15) is 9.59 Å². The van der Waals surface area contributed by atoms with Crippen molar-refractivity contribution in [1.82, 2.24) is 10.1 Å². The molecule has 2 heterocycles. The Kier molecular flexibility index (Phi) is 7.11. The highest BCUT2D eigenvalue weighted by atomic mass is 32.1. The number of hydrogen-bond donors (Lipinski definition) is 2. The molecule has 33 heavy (non-hydrogen) atoms. The predicted octanol–water partition coefficient (Wildman–Crippen LogP) is 5.02. The lowest BCUT2D eigenvalue weighted by atomic mass is 10.2. The molecular formula is C24H22N4O4S. The summed E-state index contributed by atoms with van der Waals surface area (Å²) in [5.41, 5.74) is 1.99. The molecule has 0 saturated heterocycles. The number of benzene rings is 2. The molecule has 2 N–H and O–H groups in total. The van der Waals surface area contributed by atoms with Gasteiger partial charge in [0.25, 0.3) is 5.91 Å². The molecule has 0 atom stereocenters. The van der Waals surface area contributed by atoms with Gasteiger partial charge in [0, 0.05) is 29.8 Å². The molecule has 0 unspecified atom stereocenters. The number of carbonyl (C=O) groups excluding carboxylic acids is 2. The van der Waals surface area contributed by atoms with Crippen LogP contribution in [-0.4, -0.2) is 28.6 Å². The Morgan fingerprint density at radius 3 is 2.55 bits per heavy atom. The van der Waals surface area contributed by atoms with E-state index in [0.717, 1.165) is 11.3 Å². The number of aromatic nitrogens is 2. The second kappa shape index (κ2) is 10.6. The second-order valence-electron chi connectivity index (χ2n) is 7.03. The zero-order valence-electron chi connectivity index (χ0n) is 17.9. The molecule has 0 radical (unpaired) electrons. The lowest BCUT2D eigenvalue weighted by molar-refractivity contribution is -0.116. The molecule has 0 spiro atoms. The molecule has 0 saturated carbocycles. The standard InChI is InChI=1S/C24H22N4O4S/c1-2-31-19-10-8-16(9-11-19)23-27-22(32-28-23)13-12-21(29)25-17-5-3-6-18(15-17)26-24(30)20-7-4-14-33-20/h3-11,14-15H,2,12-13H2,1H3,(H,25,29)(H,26,30). The minimum Gasteiger partial charge on any atom is -0.494 e. The van der Waals surface area contributed by atoms with E-state index in [4.69, 9.17) is 9.26 Å². The van der Waals surface area contributed by atoms with Crippen molar-refractivity contribution in [3.63, 3.8) is 0 Å². The number of aryl methyl sites for hydroxylation is 1. The van der Waals surface area contributed by atoms with Crippen LogP contribution in [0.1, 0.15) is 28.9 Å². The van der Waals surface area contributed by atoms with Crippen LogP contribution in [-0.2, 0) is 11.2 Å². The summed E-state index contributed by atoms with van der Waals surface area (Å²) < 4.78 is 10.7. The number of carbonyl (C=O) groups is 2. The molecular weight excluding hydrogens is 440 g/mol. The first-order valence-electron chi connectivity index (χ1n) is 10.4. The molecule has 0 aliphatic heterocycles. The number of hydrogen-bond acceptors (Lipinski definition) is 7. The largest absolute Gasteiger partial charge is 0.494 e. The number of ether oxygens (including phenoxy) is 1. The van der Waals surface area contributed by atoms with Crippen LogP contribution in [0.15, 0.2) is 70.6 Å². The normalized spacial score (nSPS) is 10.6. The van der Waals surface area contributed by atoms with Gasteiger partial charge in [0.1, 0.15) is 5.75 Å². The third-order valence-electron chi connectivity index (χ3n) is 4.61. The summed E-state index contributed by atoms with van der Waals surface area (Å²) >= 11 is 1.37. The Bertz CT molecular complexity index is 1220. The molecule has 0 aliphatic rings. The molecule has 0 fully saturated rings. The third kappa shape index (κ3) is 6.05. The minimum absolute atomic E-state index is 0.177. The first-order chi connectivity index (χ1) is 16.1. The average Bonchev–Trinajstić information content (AvgIpc) is 3.51. The Morgan fingerprint density at radius 2 is 1.82 bits per heavy atom. The summed E-state index contributed by atoms with van der Waals surface area (Å²) in [7, 11) is 0. The van der Waals surface area contributed by atoms with Crippen molar-refractivity contribution in [3.8, 4) is 17.1 Å². The van der Waals surface area contributed by atoms with Crippen LogP contribution in [0, 0.1) is 0 Å². The lowest BCUT2D eigenvalue weighted by Crippen LogP contribution is -2.13. The van der Waals surface area contributed by atoms with Gasteiger partial charge in [-0.25, -0.2) is 0 Å². The Balaban J connectivity index is 1.29. The number of nitrogens with one attached hydrogen (secondary N) is 2. The van der Waals surface area contributed by atoms with E-state index in [-0.39, 0.29) is 18.2 Å². The molecule has 168 valence electrons. The molecule has 2 amide bonds. The van der Waals surface area contributed by atoms with Crippen molar-refractivity contribution in [2.45, 2.75) is 19.8 Å². The van der Waals surface area contributed by atoms with Gasteiger partial charge >= 0.3 is 0 Å². The van der Waals surface area contributed by atoms with Crippen LogP contribution in [0.25, 0.3) is 11.4 Å². The van der Waals surface area contributed by atoms with Gasteiger partial charge in [0.05, 0.1) is 11.5 Å². The summed E-state index contributed by atoms with van der Waals surface area (Å²) in [5.74, 6) is 1.23. The number of amides is 2. The first-order valence-corrected chi connectivity index (χ1v) is 11.3. The summed E-state index contributed by atoms with van der Waals surface area (Å²) in [5, 5.41) is 11.5. The van der Waals surface area contributed by atoms with Crippen molar-refractivity contribution in [3.05, 3.63) is 76.8 Å². The Hall–Kier alpha value is -3.98. The number of thiophene rings is 1. The third-order valence-corrected chi connectivity index (χ3v) is 5.48. The maximum absolute atomic E-state index is 12.4. The van der Waals surface area contributed by atoms with Crippen LogP contribution in [0.3, 0.4) is 0 Å². The number of rotatable bonds is 9. The van der Waals surface area contributed by atoms with Crippen LogP contribution >= 0.6 is 11.3 Å². The first kappa shape index (κ1) is 22.2. The van der Waals surface area contributed by atoms with Gasteiger partial charge < -0.3 is 19.9 Å². The SMILES string of the molecule is CCOc1ccc(-c2noc(CCC(=O)Nc3cccc(NC(=O)c4cccs4)c3)n2)cc1. The smallest absolute Gasteiger partial charge is 0.265 e. The van der Waals surface area contributed by atoms with Crippen LogP contribution < -0.4 is 15.4 Å². The fourth-order valence-electron chi connectivity index (χ4n) is 3.06. The summed E-state index contributed by atoms with van der Waals surface area (Å²) in [6, 6.07) is 18.0. The monoisotopic (exact) mass is 462 g/mol. The van der Waals surface area contributed by atoms with Crippen molar-refractivity contribution < 1.29 is 18.8 Å². The maximum atomic E-state index is 12.4. The minimum atomic E-state index is -0.197. The van der Waals surface area contributed by atoms with Gasteiger partial charge in [-0.1, -0.05) is 17.3 Å². The van der Waals surface area contributed by atoms with Crippen LogP contribution in [0.5, 0.6) is 5.75 Å². The highest BCUT2D eigenvalue weighted by Crippen LogP contribution is 2.21. The topological polar surface area (TPSA) is 106 Å². The van der Waals surface area contributed by atoms with Crippen LogP contribution in [0.4, 0.5) is 11.4 Å². The highest BCUT2D eigenvalue weighted by Gasteiger charge is 2.12. The van der Waals surface area contributed by atoms with E-state index in [1.165, 1.54) is 11.3 Å². The lowest BCUT2D eigenvalue weighted by Gasteiger charge is -2.08. The van der Waals surface area contributed by atoms with Crippen molar-refractivity contribution in [2.75, 3.05) is 17.2 Å². The molecule has 0 aliphatic carbocycles. The van der Waals surface area contributed by atoms with Gasteiger partial charge in [-0.3, -0.25) is 9.59 Å².